The predicted molar refractivity (Wildman–Crippen MR) is 98.7 cm³/mol. The lowest BCUT2D eigenvalue weighted by Gasteiger charge is -2.08. The normalized spacial score (nSPS) is 10.5. The first-order chi connectivity index (χ1) is 11.5. The van der Waals surface area contributed by atoms with Crippen molar-refractivity contribution < 1.29 is 9.59 Å². The maximum Gasteiger partial charge on any atom is 0.234 e. The van der Waals surface area contributed by atoms with Gasteiger partial charge in [-0.15, -0.1) is 10.2 Å². The molecule has 1 aromatic heterocycles. The minimum atomic E-state index is -0.0968. The van der Waals surface area contributed by atoms with E-state index in [0.717, 1.165) is 23.2 Å². The van der Waals surface area contributed by atoms with Crippen molar-refractivity contribution in [3.05, 3.63) is 29.3 Å². The van der Waals surface area contributed by atoms with Crippen LogP contribution in [0.4, 0.5) is 10.8 Å². The highest BCUT2D eigenvalue weighted by Gasteiger charge is 2.11. The molecule has 0 aliphatic heterocycles. The molecule has 8 heteroatoms. The van der Waals surface area contributed by atoms with Gasteiger partial charge in [0.2, 0.25) is 16.9 Å². The van der Waals surface area contributed by atoms with Gasteiger partial charge < -0.3 is 10.6 Å². The first kappa shape index (κ1) is 18.4. The number of aromatic nitrogens is 2. The van der Waals surface area contributed by atoms with Gasteiger partial charge in [0.1, 0.15) is 0 Å². The molecule has 0 radical (unpaired) electrons. The number of hydrogen-bond acceptors (Lipinski definition) is 6. The Bertz CT molecular complexity index is 731. The zero-order valence-corrected chi connectivity index (χ0v) is 15.5. The number of thioether (sulfide) groups is 1. The van der Waals surface area contributed by atoms with Crippen LogP contribution in [0, 0.1) is 13.8 Å². The molecule has 2 rings (SSSR count). The number of nitrogens with zero attached hydrogens (tertiary/aromatic N) is 2. The maximum absolute atomic E-state index is 12.1. The van der Waals surface area contributed by atoms with E-state index < -0.39 is 0 Å². The van der Waals surface area contributed by atoms with E-state index in [1.165, 1.54) is 23.1 Å². The van der Waals surface area contributed by atoms with E-state index in [0.29, 0.717) is 15.9 Å². The van der Waals surface area contributed by atoms with E-state index >= 15 is 0 Å². The minimum absolute atomic E-state index is 0.0714. The number of benzene rings is 1. The third-order valence-electron chi connectivity index (χ3n) is 3.12. The van der Waals surface area contributed by atoms with Crippen LogP contribution in [0.3, 0.4) is 0 Å². The smallest absolute Gasteiger partial charge is 0.234 e. The summed E-state index contributed by atoms with van der Waals surface area (Å²) in [5.74, 6) is 0.0728. The number of carbonyl (C=O) groups excluding carboxylic acids is 2. The van der Waals surface area contributed by atoms with Gasteiger partial charge in [0.05, 0.1) is 5.75 Å². The van der Waals surface area contributed by atoms with E-state index in [9.17, 15) is 9.59 Å². The lowest BCUT2D eigenvalue weighted by molar-refractivity contribution is -0.116. The van der Waals surface area contributed by atoms with Crippen LogP contribution >= 0.6 is 23.1 Å². The quantitative estimate of drug-likeness (QED) is 0.579. The molecule has 0 aliphatic rings. The van der Waals surface area contributed by atoms with E-state index in [4.69, 9.17) is 0 Å². The molecule has 0 spiro atoms. The fraction of sp³-hybridized carbons (Fsp3) is 0.375. The van der Waals surface area contributed by atoms with Crippen molar-refractivity contribution in [2.24, 2.45) is 0 Å². The van der Waals surface area contributed by atoms with Crippen molar-refractivity contribution in [3.8, 4) is 0 Å². The van der Waals surface area contributed by atoms with Crippen molar-refractivity contribution in [2.75, 3.05) is 16.4 Å². The molecule has 2 aromatic rings. The molecule has 6 nitrogen and oxygen atoms in total. The zero-order valence-electron chi connectivity index (χ0n) is 13.9. The van der Waals surface area contributed by atoms with Gasteiger partial charge in [-0.3, -0.25) is 9.59 Å². The Morgan fingerprint density at radius 2 is 1.96 bits per heavy atom. The molecule has 0 aliphatic carbocycles. The SMILES string of the molecule is CCCC(=O)Nc1nnc(SCC(=O)Nc2cc(C)ccc2C)s1. The summed E-state index contributed by atoms with van der Waals surface area (Å²) in [6, 6.07) is 5.94. The topological polar surface area (TPSA) is 84.0 Å². The summed E-state index contributed by atoms with van der Waals surface area (Å²) in [5.41, 5.74) is 2.95. The Morgan fingerprint density at radius 1 is 1.17 bits per heavy atom. The predicted octanol–water partition coefficient (Wildman–Crippen LogP) is 3.62. The van der Waals surface area contributed by atoms with E-state index in [1.54, 1.807) is 0 Å². The Morgan fingerprint density at radius 3 is 2.71 bits per heavy atom. The summed E-state index contributed by atoms with van der Waals surface area (Å²) in [5, 5.41) is 14.0. The standard InChI is InChI=1S/C16H20N4O2S2/c1-4-5-13(21)18-15-19-20-16(24-15)23-9-14(22)17-12-8-10(2)6-7-11(12)3/h6-8H,4-5,9H2,1-3H3,(H,17,22)(H,18,19,21). The lowest BCUT2D eigenvalue weighted by Crippen LogP contribution is -2.14. The number of amides is 2. The Labute approximate surface area is 149 Å². The first-order valence-electron chi connectivity index (χ1n) is 7.61. The van der Waals surface area contributed by atoms with Crippen LogP contribution in [0.2, 0.25) is 0 Å². The molecule has 0 bridgehead atoms. The number of carbonyl (C=O) groups is 2. The summed E-state index contributed by atoms with van der Waals surface area (Å²) in [7, 11) is 0. The van der Waals surface area contributed by atoms with Gasteiger partial charge >= 0.3 is 0 Å². The fourth-order valence-electron chi connectivity index (χ4n) is 1.91. The van der Waals surface area contributed by atoms with Gasteiger partial charge in [-0.05, 0) is 37.5 Å². The van der Waals surface area contributed by atoms with Gasteiger partial charge in [-0.1, -0.05) is 42.2 Å². The van der Waals surface area contributed by atoms with Crippen molar-refractivity contribution in [1.29, 1.82) is 0 Å². The fourth-order valence-corrected chi connectivity index (χ4v) is 3.48. The third-order valence-corrected chi connectivity index (χ3v) is 5.10. The molecule has 2 N–H and O–H groups in total. The Hall–Kier alpha value is -1.93. The van der Waals surface area contributed by atoms with Crippen LogP contribution in [-0.2, 0) is 9.59 Å². The Balaban J connectivity index is 1.85. The second-order valence-electron chi connectivity index (χ2n) is 5.33. The highest BCUT2D eigenvalue weighted by Crippen LogP contribution is 2.26. The molecular weight excluding hydrogens is 344 g/mol. The largest absolute Gasteiger partial charge is 0.325 e. The minimum Gasteiger partial charge on any atom is -0.325 e. The van der Waals surface area contributed by atoms with Crippen LogP contribution in [0.15, 0.2) is 22.5 Å². The molecule has 0 saturated heterocycles. The zero-order chi connectivity index (χ0) is 17.5. The summed E-state index contributed by atoms with van der Waals surface area (Å²) in [4.78, 5) is 23.6. The highest BCUT2D eigenvalue weighted by atomic mass is 32.2. The maximum atomic E-state index is 12.1. The lowest BCUT2D eigenvalue weighted by atomic mass is 10.1. The molecule has 128 valence electrons. The van der Waals surface area contributed by atoms with Crippen molar-refractivity contribution in [1.82, 2.24) is 10.2 Å². The molecule has 2 amide bonds. The molecule has 0 saturated carbocycles. The second-order valence-corrected chi connectivity index (χ2v) is 7.53. The van der Waals surface area contributed by atoms with Crippen LogP contribution in [0.1, 0.15) is 30.9 Å². The van der Waals surface area contributed by atoms with Crippen LogP contribution in [0.25, 0.3) is 0 Å². The summed E-state index contributed by atoms with van der Waals surface area (Å²) in [6.45, 7) is 5.88. The summed E-state index contributed by atoms with van der Waals surface area (Å²) in [6.07, 6.45) is 1.24. The third kappa shape index (κ3) is 5.61. The van der Waals surface area contributed by atoms with Gasteiger partial charge in [-0.25, -0.2) is 0 Å². The highest BCUT2D eigenvalue weighted by molar-refractivity contribution is 8.01. The van der Waals surface area contributed by atoms with Gasteiger partial charge in [-0.2, -0.15) is 0 Å². The number of anilines is 2. The molecule has 24 heavy (non-hydrogen) atoms. The summed E-state index contributed by atoms with van der Waals surface area (Å²) < 4.78 is 0.651. The Kier molecular flexibility index (Phi) is 6.74. The monoisotopic (exact) mass is 364 g/mol. The molecule has 1 aromatic carbocycles. The van der Waals surface area contributed by atoms with Crippen LogP contribution in [-0.4, -0.2) is 27.8 Å². The van der Waals surface area contributed by atoms with Gasteiger partial charge in [0.25, 0.3) is 0 Å². The number of nitrogens with one attached hydrogen (secondary N) is 2. The number of aryl methyl sites for hydroxylation is 2. The molecular formula is C16H20N4O2S2. The average molecular weight is 364 g/mol. The number of rotatable bonds is 7. The van der Waals surface area contributed by atoms with Gasteiger partial charge in [0, 0.05) is 12.1 Å². The van der Waals surface area contributed by atoms with Gasteiger partial charge in [0.15, 0.2) is 4.34 Å². The first-order valence-corrected chi connectivity index (χ1v) is 9.41. The van der Waals surface area contributed by atoms with Crippen molar-refractivity contribution >= 4 is 45.7 Å². The molecule has 1 heterocycles. The van der Waals surface area contributed by atoms with Crippen molar-refractivity contribution in [2.45, 2.75) is 38.0 Å². The number of hydrogen-bond donors (Lipinski definition) is 2. The average Bonchev–Trinajstić information content (AvgIpc) is 2.96. The van der Waals surface area contributed by atoms with Crippen molar-refractivity contribution in [3.63, 3.8) is 0 Å². The molecule has 0 fully saturated rings. The van der Waals surface area contributed by atoms with Crippen LogP contribution in [0.5, 0.6) is 0 Å². The van der Waals surface area contributed by atoms with E-state index in [1.807, 2.05) is 39.0 Å². The van der Waals surface area contributed by atoms with E-state index in [-0.39, 0.29) is 17.6 Å². The molecule has 0 atom stereocenters. The molecule has 0 unspecified atom stereocenters. The van der Waals surface area contributed by atoms with Crippen LogP contribution < -0.4 is 10.6 Å². The second kappa shape index (κ2) is 8.79. The van der Waals surface area contributed by atoms with E-state index in [2.05, 4.69) is 20.8 Å². The summed E-state index contributed by atoms with van der Waals surface area (Å²) >= 11 is 2.57.